The van der Waals surface area contributed by atoms with Gasteiger partial charge in [-0.25, -0.2) is 0 Å². The van der Waals surface area contributed by atoms with Crippen molar-refractivity contribution in [2.75, 3.05) is 19.8 Å². The van der Waals surface area contributed by atoms with Crippen molar-refractivity contribution in [2.24, 2.45) is 0 Å². The lowest BCUT2D eigenvalue weighted by Gasteiger charge is -2.32. The first kappa shape index (κ1) is 14.5. The predicted octanol–water partition coefficient (Wildman–Crippen LogP) is 3.56. The van der Waals surface area contributed by atoms with E-state index in [2.05, 4.69) is 0 Å². The molecule has 4 heteroatoms. The fourth-order valence-corrected chi connectivity index (χ4v) is 1.81. The lowest BCUT2D eigenvalue weighted by molar-refractivity contribution is -0.389. The minimum Gasteiger partial charge on any atom is -0.324 e. The molecule has 1 aromatic rings. The molecular formula is C13H19ClO3. The first-order valence-corrected chi connectivity index (χ1v) is 6.24. The Morgan fingerprint density at radius 2 is 1.53 bits per heavy atom. The van der Waals surface area contributed by atoms with Crippen molar-refractivity contribution in [2.45, 2.75) is 26.7 Å². The summed E-state index contributed by atoms with van der Waals surface area (Å²) in [6, 6.07) is 7.33. The molecule has 3 nitrogen and oxygen atoms in total. The third kappa shape index (κ3) is 3.68. The van der Waals surface area contributed by atoms with Gasteiger partial charge in [-0.05, 0) is 32.9 Å². The Morgan fingerprint density at radius 1 is 1.00 bits per heavy atom. The molecule has 0 aliphatic heterocycles. The van der Waals surface area contributed by atoms with E-state index in [1.807, 2.05) is 32.9 Å². The van der Waals surface area contributed by atoms with Gasteiger partial charge in [0.05, 0.1) is 0 Å². The highest BCUT2D eigenvalue weighted by atomic mass is 35.5. The number of benzene rings is 1. The summed E-state index contributed by atoms with van der Waals surface area (Å²) in [6.45, 7) is 7.18. The monoisotopic (exact) mass is 258 g/mol. The molecule has 1 rings (SSSR count). The number of halogens is 1. The van der Waals surface area contributed by atoms with Crippen LogP contribution in [0.3, 0.4) is 0 Å². The number of rotatable bonds is 7. The Balaban J connectivity index is 3.09. The molecule has 0 aromatic heterocycles. The van der Waals surface area contributed by atoms with Crippen LogP contribution in [0.4, 0.5) is 0 Å². The van der Waals surface area contributed by atoms with Gasteiger partial charge in [0.15, 0.2) is 0 Å². The van der Waals surface area contributed by atoms with E-state index in [0.29, 0.717) is 24.8 Å². The molecule has 0 unspecified atom stereocenters. The second kappa shape index (κ2) is 6.97. The van der Waals surface area contributed by atoms with Crippen LogP contribution in [0.5, 0.6) is 0 Å². The minimum atomic E-state index is -1.15. The van der Waals surface area contributed by atoms with Crippen molar-refractivity contribution in [3.63, 3.8) is 0 Å². The van der Waals surface area contributed by atoms with Gasteiger partial charge >= 0.3 is 5.97 Å². The molecule has 0 spiro atoms. The average molecular weight is 259 g/mol. The maximum absolute atomic E-state index is 5.98. The lowest BCUT2D eigenvalue weighted by atomic mass is 10.2. The molecular weight excluding hydrogens is 240 g/mol. The summed E-state index contributed by atoms with van der Waals surface area (Å²) in [5.41, 5.74) is 0.774. The molecule has 0 amide bonds. The van der Waals surface area contributed by atoms with Gasteiger partial charge in [0, 0.05) is 30.4 Å². The summed E-state index contributed by atoms with van der Waals surface area (Å²) < 4.78 is 16.9. The van der Waals surface area contributed by atoms with E-state index in [9.17, 15) is 0 Å². The Labute approximate surface area is 108 Å². The molecule has 17 heavy (non-hydrogen) atoms. The third-order valence-electron chi connectivity index (χ3n) is 2.18. The van der Waals surface area contributed by atoms with Crippen LogP contribution < -0.4 is 0 Å². The van der Waals surface area contributed by atoms with Gasteiger partial charge in [-0.3, -0.25) is 0 Å². The Morgan fingerprint density at radius 3 is 1.94 bits per heavy atom. The Kier molecular flexibility index (Phi) is 5.92. The van der Waals surface area contributed by atoms with Gasteiger partial charge in [0.2, 0.25) is 0 Å². The first-order chi connectivity index (χ1) is 8.18. The SMILES string of the molecule is CCOC(OCC)(OCC)c1cccc(Cl)c1. The summed E-state index contributed by atoms with van der Waals surface area (Å²) >= 11 is 5.98. The first-order valence-electron chi connectivity index (χ1n) is 5.86. The smallest absolute Gasteiger partial charge is 0.312 e. The normalized spacial score (nSPS) is 11.8. The van der Waals surface area contributed by atoms with Gasteiger partial charge in [0.1, 0.15) is 0 Å². The molecule has 0 N–H and O–H groups in total. The number of ether oxygens (including phenoxy) is 3. The van der Waals surface area contributed by atoms with Crippen LogP contribution >= 0.6 is 11.6 Å². The molecule has 0 bridgehead atoms. The summed E-state index contributed by atoms with van der Waals surface area (Å²) in [5, 5.41) is 0.631. The molecule has 0 heterocycles. The van der Waals surface area contributed by atoms with Crippen molar-refractivity contribution in [1.82, 2.24) is 0 Å². The molecule has 0 aliphatic rings. The zero-order chi connectivity index (χ0) is 12.7. The summed E-state index contributed by atoms with van der Waals surface area (Å²) in [5.74, 6) is -1.15. The summed E-state index contributed by atoms with van der Waals surface area (Å²) in [6.07, 6.45) is 0. The maximum Gasteiger partial charge on any atom is 0.312 e. The van der Waals surface area contributed by atoms with E-state index in [4.69, 9.17) is 25.8 Å². The van der Waals surface area contributed by atoms with E-state index in [-0.39, 0.29) is 0 Å². The Hall–Kier alpha value is -0.610. The standard InChI is InChI=1S/C13H19ClO3/c1-4-15-13(16-5-2,17-6-3)11-8-7-9-12(14)10-11/h7-10H,4-6H2,1-3H3. The van der Waals surface area contributed by atoms with Gasteiger partial charge in [0.25, 0.3) is 0 Å². The zero-order valence-electron chi connectivity index (χ0n) is 10.5. The van der Waals surface area contributed by atoms with Gasteiger partial charge < -0.3 is 14.2 Å². The molecule has 0 radical (unpaired) electrons. The van der Waals surface area contributed by atoms with Crippen molar-refractivity contribution < 1.29 is 14.2 Å². The van der Waals surface area contributed by atoms with E-state index >= 15 is 0 Å². The van der Waals surface area contributed by atoms with Crippen molar-refractivity contribution in [3.05, 3.63) is 34.9 Å². The average Bonchev–Trinajstić information content (AvgIpc) is 2.30. The minimum absolute atomic E-state index is 0.493. The maximum atomic E-state index is 5.98. The van der Waals surface area contributed by atoms with E-state index < -0.39 is 5.97 Å². The van der Waals surface area contributed by atoms with Crippen LogP contribution in [0.1, 0.15) is 26.3 Å². The van der Waals surface area contributed by atoms with E-state index in [1.165, 1.54) is 0 Å². The topological polar surface area (TPSA) is 27.7 Å². The van der Waals surface area contributed by atoms with Gasteiger partial charge in [-0.1, -0.05) is 23.7 Å². The predicted molar refractivity (Wildman–Crippen MR) is 68.0 cm³/mol. The number of hydrogen-bond acceptors (Lipinski definition) is 3. The second-order valence-electron chi connectivity index (χ2n) is 3.37. The van der Waals surface area contributed by atoms with E-state index in [0.717, 1.165) is 5.56 Å². The fourth-order valence-electron chi connectivity index (χ4n) is 1.62. The van der Waals surface area contributed by atoms with Crippen molar-refractivity contribution >= 4 is 11.6 Å². The highest BCUT2D eigenvalue weighted by Crippen LogP contribution is 2.30. The fraction of sp³-hybridized carbons (Fsp3) is 0.538. The highest BCUT2D eigenvalue weighted by Gasteiger charge is 2.35. The van der Waals surface area contributed by atoms with Crippen molar-refractivity contribution in [3.8, 4) is 0 Å². The largest absolute Gasteiger partial charge is 0.324 e. The lowest BCUT2D eigenvalue weighted by Crippen LogP contribution is -2.36. The van der Waals surface area contributed by atoms with Gasteiger partial charge in [-0.2, -0.15) is 0 Å². The quantitative estimate of drug-likeness (QED) is 0.700. The molecule has 96 valence electrons. The third-order valence-corrected chi connectivity index (χ3v) is 2.42. The molecule has 0 atom stereocenters. The summed E-state index contributed by atoms with van der Waals surface area (Å²) in [7, 11) is 0. The van der Waals surface area contributed by atoms with Gasteiger partial charge in [-0.15, -0.1) is 0 Å². The van der Waals surface area contributed by atoms with Crippen molar-refractivity contribution in [1.29, 1.82) is 0 Å². The highest BCUT2D eigenvalue weighted by molar-refractivity contribution is 6.30. The zero-order valence-corrected chi connectivity index (χ0v) is 11.3. The Bertz CT molecular complexity index is 324. The van der Waals surface area contributed by atoms with E-state index in [1.54, 1.807) is 12.1 Å². The van der Waals surface area contributed by atoms with Crippen LogP contribution in [0, 0.1) is 0 Å². The summed E-state index contributed by atoms with van der Waals surface area (Å²) in [4.78, 5) is 0. The van der Waals surface area contributed by atoms with Crippen LogP contribution in [0.2, 0.25) is 5.02 Å². The molecule has 0 fully saturated rings. The van der Waals surface area contributed by atoms with Crippen LogP contribution in [0.25, 0.3) is 0 Å². The second-order valence-corrected chi connectivity index (χ2v) is 3.80. The van der Waals surface area contributed by atoms with Crippen LogP contribution in [-0.2, 0) is 20.2 Å². The van der Waals surface area contributed by atoms with Crippen LogP contribution in [0.15, 0.2) is 24.3 Å². The molecule has 0 aliphatic carbocycles. The molecule has 0 saturated heterocycles. The molecule has 1 aromatic carbocycles. The molecule has 0 saturated carbocycles. The number of hydrogen-bond donors (Lipinski definition) is 0. The van der Waals surface area contributed by atoms with Crippen LogP contribution in [-0.4, -0.2) is 19.8 Å².